The zero-order chi connectivity index (χ0) is 12.7. The Morgan fingerprint density at radius 2 is 2.00 bits per heavy atom. The Kier molecular flexibility index (Phi) is 5.53. The largest absolute Gasteiger partial charge is 0.445 e. The lowest BCUT2D eigenvalue weighted by Crippen LogP contribution is -2.34. The maximum absolute atomic E-state index is 11.4. The van der Waals surface area contributed by atoms with Gasteiger partial charge in [-0.1, -0.05) is 44.2 Å². The van der Waals surface area contributed by atoms with Crippen LogP contribution in [0.3, 0.4) is 0 Å². The lowest BCUT2D eigenvalue weighted by Gasteiger charge is -2.15. The van der Waals surface area contributed by atoms with Crippen LogP contribution >= 0.6 is 0 Å². The van der Waals surface area contributed by atoms with E-state index >= 15 is 0 Å². The maximum atomic E-state index is 11.4. The minimum Gasteiger partial charge on any atom is -0.445 e. The van der Waals surface area contributed by atoms with Crippen LogP contribution in [0.2, 0.25) is 0 Å². The molecule has 0 heterocycles. The summed E-state index contributed by atoms with van der Waals surface area (Å²) < 4.78 is 5.09. The summed E-state index contributed by atoms with van der Waals surface area (Å²) in [4.78, 5) is 11.4. The minimum atomic E-state index is -0.408. The van der Waals surface area contributed by atoms with Crippen LogP contribution in [0.4, 0.5) is 4.79 Å². The van der Waals surface area contributed by atoms with Crippen molar-refractivity contribution in [2.45, 2.75) is 32.9 Å². The number of ether oxygens (including phenoxy) is 1. The van der Waals surface area contributed by atoms with Gasteiger partial charge >= 0.3 is 6.09 Å². The minimum absolute atomic E-state index is 0.0988. The smallest absolute Gasteiger partial charge is 0.407 e. The first-order chi connectivity index (χ1) is 8.08. The van der Waals surface area contributed by atoms with E-state index in [0.717, 1.165) is 12.0 Å². The fourth-order valence-electron chi connectivity index (χ4n) is 1.56. The van der Waals surface area contributed by atoms with Crippen LogP contribution in [0.15, 0.2) is 30.3 Å². The van der Waals surface area contributed by atoms with E-state index in [2.05, 4.69) is 26.1 Å². The molecule has 0 aliphatic heterocycles. The van der Waals surface area contributed by atoms with Gasteiger partial charge in [0.1, 0.15) is 6.61 Å². The van der Waals surface area contributed by atoms with E-state index in [0.29, 0.717) is 12.5 Å². The molecule has 0 saturated carbocycles. The van der Waals surface area contributed by atoms with E-state index in [1.165, 1.54) is 0 Å². The molecule has 3 heteroatoms. The van der Waals surface area contributed by atoms with Gasteiger partial charge in [0.05, 0.1) is 0 Å². The van der Waals surface area contributed by atoms with Gasteiger partial charge in [-0.05, 0) is 24.8 Å². The van der Waals surface area contributed by atoms with Crippen molar-refractivity contribution in [1.82, 2.24) is 5.32 Å². The third-order valence-electron chi connectivity index (χ3n) is 2.29. The van der Waals surface area contributed by atoms with Gasteiger partial charge in [0, 0.05) is 6.04 Å². The molecule has 0 spiro atoms. The molecule has 0 fully saturated rings. The molecular formula is C14H20NO2. The Labute approximate surface area is 103 Å². The highest BCUT2D eigenvalue weighted by atomic mass is 16.5. The molecule has 93 valence electrons. The van der Waals surface area contributed by atoms with Gasteiger partial charge in [0.15, 0.2) is 0 Å². The lowest BCUT2D eigenvalue weighted by molar-refractivity contribution is 0.136. The Morgan fingerprint density at radius 3 is 2.59 bits per heavy atom. The first-order valence-electron chi connectivity index (χ1n) is 5.88. The number of hydrogen-bond acceptors (Lipinski definition) is 2. The zero-order valence-corrected chi connectivity index (χ0v) is 10.5. The van der Waals surface area contributed by atoms with Gasteiger partial charge in [-0.2, -0.15) is 0 Å². The number of amides is 1. The van der Waals surface area contributed by atoms with Crippen molar-refractivity contribution in [1.29, 1.82) is 0 Å². The molecule has 1 radical (unpaired) electrons. The molecule has 1 aromatic rings. The molecule has 0 aliphatic carbocycles. The second kappa shape index (κ2) is 6.94. The van der Waals surface area contributed by atoms with Crippen LogP contribution in [0.1, 0.15) is 25.8 Å². The number of rotatable bonds is 5. The summed E-state index contributed by atoms with van der Waals surface area (Å²) in [7, 11) is 0. The van der Waals surface area contributed by atoms with Crippen LogP contribution in [-0.2, 0) is 11.3 Å². The molecule has 0 bridgehead atoms. The molecule has 1 unspecified atom stereocenters. The third-order valence-corrected chi connectivity index (χ3v) is 2.29. The molecule has 17 heavy (non-hydrogen) atoms. The number of alkyl carbamates (subject to hydrolysis) is 1. The van der Waals surface area contributed by atoms with Crippen molar-refractivity contribution in [3.05, 3.63) is 42.8 Å². The Morgan fingerprint density at radius 1 is 1.35 bits per heavy atom. The number of carbonyl (C=O) groups excluding carboxylic acids is 1. The Hall–Kier alpha value is -1.51. The molecular weight excluding hydrogens is 214 g/mol. The Bertz CT molecular complexity index is 335. The van der Waals surface area contributed by atoms with Crippen molar-refractivity contribution in [3.8, 4) is 0 Å². The van der Waals surface area contributed by atoms with Crippen molar-refractivity contribution in [3.63, 3.8) is 0 Å². The molecule has 1 aromatic carbocycles. The van der Waals surface area contributed by atoms with E-state index < -0.39 is 6.09 Å². The van der Waals surface area contributed by atoms with Crippen LogP contribution < -0.4 is 5.32 Å². The number of hydrogen-bond donors (Lipinski definition) is 1. The van der Waals surface area contributed by atoms with Gasteiger partial charge in [-0.3, -0.25) is 0 Å². The number of nitrogens with one attached hydrogen (secondary N) is 1. The summed E-state index contributed by atoms with van der Waals surface area (Å²) in [5.74, 6) is 0.506. The summed E-state index contributed by atoms with van der Waals surface area (Å²) >= 11 is 0. The molecule has 1 N–H and O–H groups in total. The summed E-state index contributed by atoms with van der Waals surface area (Å²) in [5, 5.41) is 2.71. The third kappa shape index (κ3) is 5.95. The molecule has 0 saturated heterocycles. The average Bonchev–Trinajstić information content (AvgIpc) is 2.26. The standard InChI is InChI=1S/C14H20NO2/c1-11(2)9-12(3)15-14(16)17-10-13-7-5-4-6-8-13/h4-8,11-12H,3,9-10H2,1-2H3,(H,15,16). The lowest BCUT2D eigenvalue weighted by atomic mass is 10.1. The molecule has 1 amide bonds. The van der Waals surface area contributed by atoms with Crippen molar-refractivity contribution in [2.24, 2.45) is 5.92 Å². The monoisotopic (exact) mass is 234 g/mol. The predicted molar refractivity (Wildman–Crippen MR) is 68.4 cm³/mol. The Balaban J connectivity index is 2.26. The fraction of sp³-hybridized carbons (Fsp3) is 0.429. The zero-order valence-electron chi connectivity index (χ0n) is 10.5. The highest BCUT2D eigenvalue weighted by Gasteiger charge is 2.09. The molecule has 1 atom stereocenters. The van der Waals surface area contributed by atoms with Crippen LogP contribution in [0.5, 0.6) is 0 Å². The van der Waals surface area contributed by atoms with Crippen molar-refractivity contribution in [2.75, 3.05) is 0 Å². The SMILES string of the molecule is [CH2]C(CC(C)C)NC(=O)OCc1ccccc1. The summed E-state index contributed by atoms with van der Waals surface area (Å²) in [6, 6.07) is 9.50. The quantitative estimate of drug-likeness (QED) is 0.849. The van der Waals surface area contributed by atoms with Gasteiger partial charge in [0.25, 0.3) is 0 Å². The molecule has 0 aromatic heterocycles. The maximum Gasteiger partial charge on any atom is 0.407 e. The van der Waals surface area contributed by atoms with E-state index in [1.54, 1.807) is 0 Å². The van der Waals surface area contributed by atoms with E-state index in [1.807, 2.05) is 30.3 Å². The summed E-state index contributed by atoms with van der Waals surface area (Å²) in [5.41, 5.74) is 0.979. The normalized spacial score (nSPS) is 12.2. The van der Waals surface area contributed by atoms with Crippen LogP contribution in [0, 0.1) is 12.8 Å². The van der Waals surface area contributed by atoms with Crippen LogP contribution in [-0.4, -0.2) is 12.1 Å². The fourth-order valence-corrected chi connectivity index (χ4v) is 1.56. The number of benzene rings is 1. The topological polar surface area (TPSA) is 38.3 Å². The highest BCUT2D eigenvalue weighted by molar-refractivity contribution is 5.67. The predicted octanol–water partition coefficient (Wildman–Crippen LogP) is 3.16. The van der Waals surface area contributed by atoms with Gasteiger partial charge in [-0.15, -0.1) is 0 Å². The van der Waals surface area contributed by atoms with E-state index in [-0.39, 0.29) is 6.04 Å². The van der Waals surface area contributed by atoms with Crippen molar-refractivity contribution >= 4 is 6.09 Å². The highest BCUT2D eigenvalue weighted by Crippen LogP contribution is 2.04. The first-order valence-corrected chi connectivity index (χ1v) is 5.88. The van der Waals surface area contributed by atoms with E-state index in [9.17, 15) is 4.79 Å². The second-order valence-corrected chi connectivity index (χ2v) is 4.53. The summed E-state index contributed by atoms with van der Waals surface area (Å²) in [6.07, 6.45) is 0.440. The average molecular weight is 234 g/mol. The van der Waals surface area contributed by atoms with E-state index in [4.69, 9.17) is 4.74 Å². The van der Waals surface area contributed by atoms with Gasteiger partial charge < -0.3 is 10.1 Å². The molecule has 1 rings (SSSR count). The van der Waals surface area contributed by atoms with Crippen LogP contribution in [0.25, 0.3) is 0 Å². The van der Waals surface area contributed by atoms with Crippen molar-refractivity contribution < 1.29 is 9.53 Å². The molecule has 0 aliphatic rings. The van der Waals surface area contributed by atoms with Gasteiger partial charge in [-0.25, -0.2) is 4.79 Å². The first kappa shape index (κ1) is 13.6. The second-order valence-electron chi connectivity index (χ2n) is 4.53. The summed E-state index contributed by atoms with van der Waals surface area (Å²) in [6.45, 7) is 8.34. The molecule has 3 nitrogen and oxygen atoms in total. The van der Waals surface area contributed by atoms with Gasteiger partial charge in [0.2, 0.25) is 0 Å². The number of carbonyl (C=O) groups is 1.